The minimum atomic E-state index is -0.305. The molecule has 0 fully saturated rings. The van der Waals surface area contributed by atoms with Crippen LogP contribution in [0.25, 0.3) is 0 Å². The maximum Gasteiger partial charge on any atom is 0.242 e. The van der Waals surface area contributed by atoms with Crippen LogP contribution in [-0.2, 0) is 11.3 Å². The highest BCUT2D eigenvalue weighted by Gasteiger charge is 2.17. The summed E-state index contributed by atoms with van der Waals surface area (Å²) in [5.74, 6) is 0.166. The van der Waals surface area contributed by atoms with Crippen LogP contribution in [0.15, 0.2) is 36.4 Å². The molecule has 0 aliphatic heterocycles. The molecule has 0 spiro atoms. The molecule has 0 atom stereocenters. The number of aryl methyl sites for hydroxylation is 2. The quantitative estimate of drug-likeness (QED) is 0.765. The zero-order valence-electron chi connectivity index (χ0n) is 13.4. The van der Waals surface area contributed by atoms with E-state index >= 15 is 0 Å². The van der Waals surface area contributed by atoms with Gasteiger partial charge in [0.1, 0.15) is 17.4 Å². The Morgan fingerprint density at radius 2 is 1.74 bits per heavy atom. The van der Waals surface area contributed by atoms with E-state index in [0.29, 0.717) is 6.54 Å². The lowest BCUT2D eigenvalue weighted by Gasteiger charge is -2.24. The third-order valence-corrected chi connectivity index (χ3v) is 3.86. The highest BCUT2D eigenvalue weighted by molar-refractivity contribution is 6.29. The summed E-state index contributed by atoms with van der Waals surface area (Å²) < 4.78 is 18.4. The number of hydrogen-bond donors (Lipinski definition) is 0. The molecular formula is C18H19ClFNO2. The number of rotatable bonds is 5. The van der Waals surface area contributed by atoms with Crippen molar-refractivity contribution in [2.24, 2.45) is 0 Å². The third kappa shape index (κ3) is 4.02. The molecule has 0 aliphatic rings. The lowest BCUT2D eigenvalue weighted by atomic mass is 10.1. The van der Waals surface area contributed by atoms with Crippen molar-refractivity contribution >= 4 is 23.2 Å². The molecule has 1 amide bonds. The van der Waals surface area contributed by atoms with Gasteiger partial charge in [0, 0.05) is 5.69 Å². The molecule has 2 aromatic carbocycles. The summed E-state index contributed by atoms with van der Waals surface area (Å²) in [5, 5.41) is 0. The van der Waals surface area contributed by atoms with E-state index in [-0.39, 0.29) is 17.6 Å². The van der Waals surface area contributed by atoms with Crippen LogP contribution >= 0.6 is 11.6 Å². The Morgan fingerprint density at radius 1 is 1.17 bits per heavy atom. The summed E-state index contributed by atoms with van der Waals surface area (Å²) in [5.41, 5.74) is 3.45. The lowest BCUT2D eigenvalue weighted by molar-refractivity contribution is -0.116. The zero-order chi connectivity index (χ0) is 17.0. The minimum absolute atomic E-state index is 0.120. The first-order valence-corrected chi connectivity index (χ1v) is 7.75. The molecule has 0 unspecified atom stereocenters. The van der Waals surface area contributed by atoms with Crippen molar-refractivity contribution in [3.05, 3.63) is 58.9 Å². The summed E-state index contributed by atoms with van der Waals surface area (Å²) >= 11 is 5.75. The van der Waals surface area contributed by atoms with Gasteiger partial charge in [-0.05, 0) is 54.8 Å². The molecule has 2 aromatic rings. The number of amides is 1. The molecular weight excluding hydrogens is 317 g/mol. The predicted molar refractivity (Wildman–Crippen MR) is 90.8 cm³/mol. The monoisotopic (exact) mass is 335 g/mol. The van der Waals surface area contributed by atoms with Crippen LogP contribution in [-0.4, -0.2) is 18.9 Å². The van der Waals surface area contributed by atoms with Crippen LogP contribution in [0.4, 0.5) is 10.1 Å². The van der Waals surface area contributed by atoms with Gasteiger partial charge in [0.25, 0.3) is 0 Å². The van der Waals surface area contributed by atoms with E-state index in [9.17, 15) is 9.18 Å². The number of ether oxygens (including phenoxy) is 1. The number of carbonyl (C=O) groups excluding carboxylic acids is 1. The number of halogens is 2. The fourth-order valence-electron chi connectivity index (χ4n) is 2.57. The van der Waals surface area contributed by atoms with E-state index in [2.05, 4.69) is 0 Å². The van der Waals surface area contributed by atoms with Gasteiger partial charge < -0.3 is 9.64 Å². The Labute approximate surface area is 140 Å². The van der Waals surface area contributed by atoms with Gasteiger partial charge in [0.05, 0.1) is 13.7 Å². The summed E-state index contributed by atoms with van der Waals surface area (Å²) in [7, 11) is 1.62. The predicted octanol–water partition coefficient (Wildman–Crippen LogP) is 4.22. The van der Waals surface area contributed by atoms with Gasteiger partial charge >= 0.3 is 0 Å². The van der Waals surface area contributed by atoms with Crippen LogP contribution < -0.4 is 9.64 Å². The molecule has 23 heavy (non-hydrogen) atoms. The number of anilines is 1. The fourth-order valence-corrected chi connectivity index (χ4v) is 2.72. The number of benzene rings is 2. The van der Waals surface area contributed by atoms with Crippen LogP contribution in [0, 0.1) is 19.7 Å². The normalized spacial score (nSPS) is 10.5. The number of hydrogen-bond acceptors (Lipinski definition) is 2. The number of alkyl halides is 1. The summed E-state index contributed by atoms with van der Waals surface area (Å²) in [6.45, 7) is 4.18. The summed E-state index contributed by atoms with van der Waals surface area (Å²) in [4.78, 5) is 13.8. The topological polar surface area (TPSA) is 29.5 Å². The standard InChI is InChI=1S/C18H19ClFNO2/c1-12-8-16(9-13(2)18(12)23-3)21(17(22)10-19)11-14-4-6-15(20)7-5-14/h4-9H,10-11H2,1-3H3. The molecule has 0 aliphatic carbocycles. The van der Waals surface area contributed by atoms with Crippen molar-refractivity contribution in [2.75, 3.05) is 17.9 Å². The van der Waals surface area contributed by atoms with E-state index in [1.807, 2.05) is 26.0 Å². The number of carbonyl (C=O) groups is 1. The van der Waals surface area contributed by atoms with Gasteiger partial charge in [0.15, 0.2) is 0 Å². The van der Waals surface area contributed by atoms with Crippen LogP contribution in [0.5, 0.6) is 5.75 Å². The van der Waals surface area contributed by atoms with E-state index in [1.54, 1.807) is 24.1 Å². The lowest BCUT2D eigenvalue weighted by Crippen LogP contribution is -2.31. The van der Waals surface area contributed by atoms with Gasteiger partial charge in [-0.1, -0.05) is 12.1 Å². The SMILES string of the molecule is COc1c(C)cc(N(Cc2ccc(F)cc2)C(=O)CCl)cc1C. The first-order chi connectivity index (χ1) is 11.0. The number of methoxy groups -OCH3 is 1. The second-order valence-electron chi connectivity index (χ2n) is 5.35. The van der Waals surface area contributed by atoms with Crippen LogP contribution in [0.3, 0.4) is 0 Å². The van der Waals surface area contributed by atoms with E-state index < -0.39 is 0 Å². The highest BCUT2D eigenvalue weighted by atomic mass is 35.5. The van der Waals surface area contributed by atoms with Crippen molar-refractivity contribution in [1.29, 1.82) is 0 Å². The summed E-state index contributed by atoms with van der Waals surface area (Å²) in [6, 6.07) is 9.85. The summed E-state index contributed by atoms with van der Waals surface area (Å²) in [6.07, 6.45) is 0. The smallest absolute Gasteiger partial charge is 0.242 e. The second kappa shape index (κ2) is 7.47. The highest BCUT2D eigenvalue weighted by Crippen LogP contribution is 2.30. The Morgan fingerprint density at radius 3 is 2.22 bits per heavy atom. The molecule has 5 heteroatoms. The molecule has 122 valence electrons. The molecule has 0 heterocycles. The van der Waals surface area contributed by atoms with Crippen molar-refractivity contribution in [3.63, 3.8) is 0 Å². The van der Waals surface area contributed by atoms with Crippen molar-refractivity contribution in [1.82, 2.24) is 0 Å². The van der Waals surface area contributed by atoms with Crippen molar-refractivity contribution in [3.8, 4) is 5.75 Å². The maximum atomic E-state index is 13.0. The largest absolute Gasteiger partial charge is 0.496 e. The zero-order valence-corrected chi connectivity index (χ0v) is 14.2. The molecule has 2 rings (SSSR count). The van der Waals surface area contributed by atoms with E-state index in [0.717, 1.165) is 28.1 Å². The molecule has 0 saturated heterocycles. The minimum Gasteiger partial charge on any atom is -0.496 e. The first kappa shape index (κ1) is 17.3. The first-order valence-electron chi connectivity index (χ1n) is 7.22. The van der Waals surface area contributed by atoms with Crippen LogP contribution in [0.2, 0.25) is 0 Å². The molecule has 0 N–H and O–H groups in total. The average molecular weight is 336 g/mol. The molecule has 0 bridgehead atoms. The van der Waals surface area contributed by atoms with Gasteiger partial charge in [-0.15, -0.1) is 11.6 Å². The third-order valence-electron chi connectivity index (χ3n) is 3.63. The Bertz CT molecular complexity index is 678. The average Bonchev–Trinajstić information content (AvgIpc) is 2.53. The molecule has 0 saturated carbocycles. The van der Waals surface area contributed by atoms with Gasteiger partial charge in [-0.2, -0.15) is 0 Å². The second-order valence-corrected chi connectivity index (χ2v) is 5.62. The maximum absolute atomic E-state index is 13.0. The Hall–Kier alpha value is -2.07. The van der Waals surface area contributed by atoms with Crippen LogP contribution in [0.1, 0.15) is 16.7 Å². The molecule has 3 nitrogen and oxygen atoms in total. The van der Waals surface area contributed by atoms with Gasteiger partial charge in [-0.3, -0.25) is 4.79 Å². The molecule has 0 aromatic heterocycles. The van der Waals surface area contributed by atoms with E-state index in [4.69, 9.17) is 16.3 Å². The molecule has 0 radical (unpaired) electrons. The Balaban J connectivity index is 2.39. The van der Waals surface area contributed by atoms with E-state index in [1.165, 1.54) is 12.1 Å². The fraction of sp³-hybridized carbons (Fsp3) is 0.278. The van der Waals surface area contributed by atoms with Crippen molar-refractivity contribution < 1.29 is 13.9 Å². The van der Waals surface area contributed by atoms with Gasteiger partial charge in [0.2, 0.25) is 5.91 Å². The Kier molecular flexibility index (Phi) is 5.61. The van der Waals surface area contributed by atoms with Crippen molar-refractivity contribution in [2.45, 2.75) is 20.4 Å². The van der Waals surface area contributed by atoms with Gasteiger partial charge in [-0.25, -0.2) is 4.39 Å². The number of nitrogens with zero attached hydrogens (tertiary/aromatic N) is 1.